The molecular weight excluding hydrogens is 245 g/mol. The summed E-state index contributed by atoms with van der Waals surface area (Å²) in [6, 6.07) is 0. The summed E-state index contributed by atoms with van der Waals surface area (Å²) < 4.78 is 22.2. The van der Waals surface area contributed by atoms with E-state index in [4.69, 9.17) is 0 Å². The van der Waals surface area contributed by atoms with Gasteiger partial charge in [0.15, 0.2) is 0 Å². The van der Waals surface area contributed by atoms with E-state index in [2.05, 4.69) is 0 Å². The maximum Gasteiger partial charge on any atom is 0.265 e. The molecule has 6 heteroatoms. The highest BCUT2D eigenvalue weighted by molar-refractivity contribution is 14.2. The second-order valence-corrected chi connectivity index (χ2v) is 5.60. The molecule has 0 heterocycles. The number of aldehydes is 1. The van der Waals surface area contributed by atoms with Crippen molar-refractivity contribution in [2.24, 2.45) is 0 Å². The Bertz CT molecular complexity index is 162. The van der Waals surface area contributed by atoms with E-state index in [0.717, 1.165) is 0 Å². The molecule has 0 aromatic heterocycles. The highest BCUT2D eigenvalue weighted by atomic mass is 127. The first kappa shape index (κ1) is 8.31. The zero-order valence-electron chi connectivity index (χ0n) is 3.80. The van der Waals surface area contributed by atoms with Gasteiger partial charge in [-0.05, 0) is 0 Å². The van der Waals surface area contributed by atoms with Crippen LogP contribution in [-0.4, -0.2) is 21.2 Å². The van der Waals surface area contributed by atoms with E-state index in [-0.39, 0.29) is 6.54 Å². The Balaban J connectivity index is 3.57. The third-order valence-electron chi connectivity index (χ3n) is 0.339. The molecule has 0 rings (SSSR count). The molecule has 4 nitrogen and oxygen atoms in total. The molecule has 0 amide bonds. The Hall–Kier alpha value is 0.310. The van der Waals surface area contributed by atoms with Crippen molar-refractivity contribution in [3.8, 4) is 0 Å². The maximum atomic E-state index is 10.1. The molecule has 0 saturated carbocycles. The monoisotopic (exact) mass is 249 g/mol. The third kappa shape index (κ3) is 6.31. The van der Waals surface area contributed by atoms with Gasteiger partial charge in [-0.1, -0.05) is 0 Å². The Morgan fingerprint density at radius 1 is 1.62 bits per heavy atom. The molecule has 0 aromatic carbocycles. The topological polar surface area (TPSA) is 63.2 Å². The van der Waals surface area contributed by atoms with E-state index in [1.54, 1.807) is 0 Å². The molecular formula is C2H4INO3S. The zero-order chi connectivity index (χ0) is 6.62. The van der Waals surface area contributed by atoms with E-state index < -0.39 is 7.19 Å². The number of halogens is 1. The molecule has 48 valence electrons. The van der Waals surface area contributed by atoms with E-state index in [1.807, 2.05) is 4.72 Å². The van der Waals surface area contributed by atoms with Crippen LogP contribution in [0.4, 0.5) is 0 Å². The van der Waals surface area contributed by atoms with Gasteiger partial charge in [0, 0.05) is 0 Å². The minimum Gasteiger partial charge on any atom is -0.302 e. The molecule has 0 aliphatic rings. The molecule has 0 atom stereocenters. The lowest BCUT2D eigenvalue weighted by atomic mass is 10.8. The predicted molar refractivity (Wildman–Crippen MR) is 37.0 cm³/mol. The van der Waals surface area contributed by atoms with Crippen LogP contribution in [0.3, 0.4) is 0 Å². The summed E-state index contributed by atoms with van der Waals surface area (Å²) in [7, 11) is -3.20. The lowest BCUT2D eigenvalue weighted by Crippen LogP contribution is -2.19. The van der Waals surface area contributed by atoms with Gasteiger partial charge in [-0.25, -0.2) is 8.42 Å². The first-order chi connectivity index (χ1) is 3.56. The smallest absolute Gasteiger partial charge is 0.265 e. The molecule has 0 fully saturated rings. The van der Waals surface area contributed by atoms with Gasteiger partial charge in [-0.15, -0.1) is 0 Å². The Morgan fingerprint density at radius 3 is 2.25 bits per heavy atom. The standard InChI is InChI=1S/C2H4INO3S/c3-8(6,7)4-1-2-5/h2,4H,1H2. The summed E-state index contributed by atoms with van der Waals surface area (Å²) in [6.45, 7) is -0.148. The minimum absolute atomic E-state index is 0.148. The van der Waals surface area contributed by atoms with Crippen molar-refractivity contribution >= 4 is 34.7 Å². The summed E-state index contributed by atoms with van der Waals surface area (Å²) in [6.07, 6.45) is 0.482. The van der Waals surface area contributed by atoms with Crippen molar-refractivity contribution in [2.45, 2.75) is 0 Å². The van der Waals surface area contributed by atoms with Gasteiger partial charge >= 0.3 is 0 Å². The van der Waals surface area contributed by atoms with Gasteiger partial charge in [0.05, 0.1) is 27.8 Å². The summed E-state index contributed by atoms with van der Waals surface area (Å²) in [4.78, 5) is 9.52. The van der Waals surface area contributed by atoms with Crippen molar-refractivity contribution in [3.63, 3.8) is 0 Å². The molecule has 0 bridgehead atoms. The molecule has 0 saturated heterocycles. The number of rotatable bonds is 3. The SMILES string of the molecule is O=CCNS(=O)(=O)I. The Labute approximate surface area is 59.3 Å². The molecule has 1 N–H and O–H groups in total. The summed E-state index contributed by atoms with van der Waals surface area (Å²) >= 11 is 1.20. The van der Waals surface area contributed by atoms with Crippen molar-refractivity contribution in [1.29, 1.82) is 0 Å². The lowest BCUT2D eigenvalue weighted by molar-refractivity contribution is -0.106. The van der Waals surface area contributed by atoms with Crippen molar-refractivity contribution in [3.05, 3.63) is 0 Å². The van der Waals surface area contributed by atoms with Crippen LogP contribution in [0.2, 0.25) is 0 Å². The number of carbonyl (C=O) groups excluding carboxylic acids is 1. The van der Waals surface area contributed by atoms with Gasteiger partial charge in [0.1, 0.15) is 6.29 Å². The van der Waals surface area contributed by atoms with Crippen LogP contribution in [0.5, 0.6) is 0 Å². The molecule has 8 heavy (non-hydrogen) atoms. The average Bonchev–Trinajstić information content (AvgIpc) is 1.59. The van der Waals surface area contributed by atoms with E-state index in [0.29, 0.717) is 6.29 Å². The summed E-state index contributed by atoms with van der Waals surface area (Å²) in [5, 5.41) is 0. The van der Waals surface area contributed by atoms with Crippen LogP contribution in [0.1, 0.15) is 0 Å². The molecule has 0 unspecified atom stereocenters. The number of hydrogen-bond acceptors (Lipinski definition) is 3. The van der Waals surface area contributed by atoms with Gasteiger partial charge in [0.2, 0.25) is 0 Å². The van der Waals surface area contributed by atoms with E-state index >= 15 is 0 Å². The number of hydrogen-bond donors (Lipinski definition) is 1. The zero-order valence-corrected chi connectivity index (χ0v) is 6.77. The predicted octanol–water partition coefficient (Wildman–Crippen LogP) is -0.545. The average molecular weight is 249 g/mol. The van der Waals surface area contributed by atoms with Gasteiger partial charge in [-0.2, -0.15) is 4.72 Å². The third-order valence-corrected chi connectivity index (χ3v) is 1.78. The Morgan fingerprint density at radius 2 is 2.12 bits per heavy atom. The van der Waals surface area contributed by atoms with Crippen LogP contribution in [0.25, 0.3) is 0 Å². The summed E-state index contributed by atoms with van der Waals surface area (Å²) in [5.41, 5.74) is 0. The van der Waals surface area contributed by atoms with Crippen LogP contribution in [-0.2, 0) is 12.0 Å². The largest absolute Gasteiger partial charge is 0.302 e. The second kappa shape index (κ2) is 3.36. The highest BCUT2D eigenvalue weighted by Gasteiger charge is 1.98. The van der Waals surface area contributed by atoms with Crippen LogP contribution in [0, 0.1) is 0 Å². The number of nitrogens with one attached hydrogen (secondary N) is 1. The van der Waals surface area contributed by atoms with Gasteiger partial charge < -0.3 is 4.79 Å². The first-order valence-electron chi connectivity index (χ1n) is 1.69. The van der Waals surface area contributed by atoms with Crippen LogP contribution < -0.4 is 4.72 Å². The minimum atomic E-state index is -3.20. The quantitative estimate of drug-likeness (QED) is 0.415. The fraction of sp³-hybridized carbons (Fsp3) is 0.500. The molecule has 0 aliphatic heterocycles. The second-order valence-electron chi connectivity index (χ2n) is 0.953. The maximum absolute atomic E-state index is 10.1. The van der Waals surface area contributed by atoms with Crippen molar-refractivity contribution < 1.29 is 13.2 Å². The molecule has 0 spiro atoms. The highest BCUT2D eigenvalue weighted by Crippen LogP contribution is 1.92. The van der Waals surface area contributed by atoms with E-state index in [1.165, 1.54) is 21.2 Å². The first-order valence-corrected chi connectivity index (χ1v) is 5.72. The van der Waals surface area contributed by atoms with Crippen molar-refractivity contribution in [2.75, 3.05) is 6.54 Å². The lowest BCUT2D eigenvalue weighted by Gasteiger charge is -1.88. The van der Waals surface area contributed by atoms with Gasteiger partial charge in [-0.3, -0.25) is 0 Å². The van der Waals surface area contributed by atoms with Crippen LogP contribution in [0.15, 0.2) is 0 Å². The molecule has 0 radical (unpaired) electrons. The van der Waals surface area contributed by atoms with E-state index in [9.17, 15) is 13.2 Å². The van der Waals surface area contributed by atoms with Crippen molar-refractivity contribution in [1.82, 2.24) is 4.72 Å². The van der Waals surface area contributed by atoms with Gasteiger partial charge in [0.25, 0.3) is 7.19 Å². The molecule has 0 aliphatic carbocycles. The number of carbonyl (C=O) groups is 1. The fourth-order valence-electron chi connectivity index (χ4n) is 0.134. The normalized spacial score (nSPS) is 11.1. The molecule has 0 aromatic rings. The Kier molecular flexibility index (Phi) is 3.49. The summed E-state index contributed by atoms with van der Waals surface area (Å²) in [5.74, 6) is 0. The van der Waals surface area contributed by atoms with Crippen LogP contribution >= 0.6 is 21.2 Å². The fourth-order valence-corrected chi connectivity index (χ4v) is 0.940.